The smallest absolute Gasteiger partial charge is 0.173 e. The molecule has 0 aromatic carbocycles. The van der Waals surface area contributed by atoms with Crippen LogP contribution in [0.2, 0.25) is 5.02 Å². The second-order valence-electron chi connectivity index (χ2n) is 6.38. The molecule has 0 spiro atoms. The molecule has 0 fully saturated rings. The highest BCUT2D eigenvalue weighted by atomic mass is 35.5. The highest BCUT2D eigenvalue weighted by Gasteiger charge is 2.20. The average Bonchev–Trinajstić information content (AvgIpc) is 2.64. The summed E-state index contributed by atoms with van der Waals surface area (Å²) < 4.78 is 0. The Morgan fingerprint density at radius 2 is 2.12 bits per heavy atom. The maximum Gasteiger partial charge on any atom is 0.173 e. The Morgan fingerprint density at radius 3 is 2.96 bits per heavy atom. The van der Waals surface area contributed by atoms with Crippen LogP contribution < -0.4 is 0 Å². The third kappa shape index (κ3) is 3.32. The molecule has 0 saturated heterocycles. The van der Waals surface area contributed by atoms with Crippen molar-refractivity contribution in [1.29, 1.82) is 0 Å². The Labute approximate surface area is 146 Å². The molecule has 2 aliphatic rings. The molecule has 0 amide bonds. The normalized spacial score (nSPS) is 18.1. The van der Waals surface area contributed by atoms with E-state index in [-0.39, 0.29) is 0 Å². The summed E-state index contributed by atoms with van der Waals surface area (Å²) in [6, 6.07) is 1.98. The Hall–Kier alpha value is -1.85. The number of aliphatic imine (C=N–C) groups is 1. The number of hydrogen-bond donors (Lipinski definition) is 0. The maximum atomic E-state index is 6.22. The van der Waals surface area contributed by atoms with Crippen molar-refractivity contribution in [1.82, 2.24) is 19.9 Å². The van der Waals surface area contributed by atoms with Crippen molar-refractivity contribution in [2.75, 3.05) is 13.1 Å². The molecule has 0 aliphatic carbocycles. The number of aromatic nitrogens is 3. The van der Waals surface area contributed by atoms with Gasteiger partial charge in [0.1, 0.15) is 0 Å². The van der Waals surface area contributed by atoms with E-state index in [4.69, 9.17) is 16.6 Å². The third-order valence-corrected chi connectivity index (χ3v) is 4.99. The SMILES string of the molecule is Clc1cnccc1CN1CCc2nc(C3=NCCCC3)ncc2C1. The summed E-state index contributed by atoms with van der Waals surface area (Å²) in [4.78, 5) is 20.4. The van der Waals surface area contributed by atoms with Gasteiger partial charge >= 0.3 is 0 Å². The fourth-order valence-electron chi connectivity index (χ4n) is 3.30. The van der Waals surface area contributed by atoms with Gasteiger partial charge in [0, 0.05) is 56.8 Å². The Balaban J connectivity index is 1.49. The Morgan fingerprint density at radius 1 is 1.17 bits per heavy atom. The molecule has 0 unspecified atom stereocenters. The molecule has 24 heavy (non-hydrogen) atoms. The van der Waals surface area contributed by atoms with Crippen LogP contribution in [-0.4, -0.2) is 38.7 Å². The zero-order valence-corrected chi connectivity index (χ0v) is 14.3. The quantitative estimate of drug-likeness (QED) is 0.861. The minimum atomic E-state index is 0.727. The molecular formula is C18H20ClN5. The molecule has 0 bridgehead atoms. The van der Waals surface area contributed by atoms with E-state index in [1.165, 1.54) is 24.1 Å². The van der Waals surface area contributed by atoms with Crippen LogP contribution in [0.1, 0.15) is 41.9 Å². The van der Waals surface area contributed by atoms with Crippen molar-refractivity contribution in [3.8, 4) is 0 Å². The first-order chi connectivity index (χ1) is 11.8. The highest BCUT2D eigenvalue weighted by Crippen LogP contribution is 2.22. The van der Waals surface area contributed by atoms with Crippen LogP contribution in [0.15, 0.2) is 29.6 Å². The van der Waals surface area contributed by atoms with Crippen molar-refractivity contribution < 1.29 is 0 Å². The first-order valence-electron chi connectivity index (χ1n) is 8.49. The monoisotopic (exact) mass is 341 g/mol. The van der Waals surface area contributed by atoms with Crippen molar-refractivity contribution in [3.63, 3.8) is 0 Å². The first kappa shape index (κ1) is 15.7. The van der Waals surface area contributed by atoms with E-state index in [9.17, 15) is 0 Å². The fraction of sp³-hybridized carbons (Fsp3) is 0.444. The van der Waals surface area contributed by atoms with Crippen molar-refractivity contribution in [3.05, 3.63) is 52.3 Å². The van der Waals surface area contributed by atoms with Gasteiger partial charge in [0.2, 0.25) is 0 Å². The molecule has 0 atom stereocenters. The molecule has 0 saturated carbocycles. The van der Waals surface area contributed by atoms with Crippen molar-refractivity contribution in [2.24, 2.45) is 4.99 Å². The van der Waals surface area contributed by atoms with E-state index in [0.717, 1.165) is 61.1 Å². The summed E-state index contributed by atoms with van der Waals surface area (Å²) in [6.07, 6.45) is 9.80. The highest BCUT2D eigenvalue weighted by molar-refractivity contribution is 6.31. The predicted octanol–water partition coefficient (Wildman–Crippen LogP) is 3.06. The van der Waals surface area contributed by atoms with Gasteiger partial charge < -0.3 is 0 Å². The van der Waals surface area contributed by atoms with E-state index >= 15 is 0 Å². The van der Waals surface area contributed by atoms with Crippen molar-refractivity contribution >= 4 is 17.3 Å². The summed E-state index contributed by atoms with van der Waals surface area (Å²) in [5.41, 5.74) is 4.58. The molecule has 5 nitrogen and oxygen atoms in total. The minimum Gasteiger partial charge on any atom is -0.294 e. The van der Waals surface area contributed by atoms with Crippen molar-refractivity contribution in [2.45, 2.75) is 38.8 Å². The van der Waals surface area contributed by atoms with Crippen LogP contribution in [0.25, 0.3) is 0 Å². The summed E-state index contributed by atoms with van der Waals surface area (Å²) in [6.45, 7) is 3.58. The van der Waals surface area contributed by atoms with Gasteiger partial charge in [0.15, 0.2) is 5.82 Å². The lowest BCUT2D eigenvalue weighted by Crippen LogP contribution is -2.31. The number of hydrogen-bond acceptors (Lipinski definition) is 5. The van der Waals surface area contributed by atoms with Gasteiger partial charge in [-0.3, -0.25) is 14.9 Å². The number of pyridine rings is 1. The lowest BCUT2D eigenvalue weighted by Gasteiger charge is -2.28. The van der Waals surface area contributed by atoms with Crippen LogP contribution >= 0.6 is 11.6 Å². The maximum absolute atomic E-state index is 6.22. The lowest BCUT2D eigenvalue weighted by molar-refractivity contribution is 0.243. The molecule has 124 valence electrons. The van der Waals surface area contributed by atoms with E-state index in [1.54, 1.807) is 12.4 Å². The zero-order valence-electron chi connectivity index (χ0n) is 13.6. The van der Waals surface area contributed by atoms with E-state index in [1.807, 2.05) is 12.3 Å². The van der Waals surface area contributed by atoms with E-state index < -0.39 is 0 Å². The molecule has 2 aromatic rings. The topological polar surface area (TPSA) is 54.3 Å². The van der Waals surface area contributed by atoms with Gasteiger partial charge in [-0.05, 0) is 30.9 Å². The largest absolute Gasteiger partial charge is 0.294 e. The van der Waals surface area contributed by atoms with Crippen LogP contribution in [0.4, 0.5) is 0 Å². The zero-order chi connectivity index (χ0) is 16.4. The molecule has 6 heteroatoms. The molecule has 0 radical (unpaired) electrons. The van der Waals surface area contributed by atoms with Crippen LogP contribution in [0, 0.1) is 0 Å². The van der Waals surface area contributed by atoms with Gasteiger partial charge in [-0.2, -0.15) is 0 Å². The molecule has 4 heterocycles. The summed E-state index contributed by atoms with van der Waals surface area (Å²) in [5, 5.41) is 0.727. The summed E-state index contributed by atoms with van der Waals surface area (Å²) in [7, 11) is 0. The number of nitrogens with zero attached hydrogens (tertiary/aromatic N) is 5. The van der Waals surface area contributed by atoms with Gasteiger partial charge in [-0.25, -0.2) is 9.97 Å². The molecule has 2 aromatic heterocycles. The average molecular weight is 342 g/mol. The van der Waals surface area contributed by atoms with Crippen LogP contribution in [0.5, 0.6) is 0 Å². The molecule has 0 N–H and O–H groups in total. The van der Waals surface area contributed by atoms with E-state index in [2.05, 4.69) is 19.9 Å². The van der Waals surface area contributed by atoms with Gasteiger partial charge in [0.05, 0.1) is 16.4 Å². The Kier molecular flexibility index (Phi) is 4.54. The summed E-state index contributed by atoms with van der Waals surface area (Å²) in [5.74, 6) is 0.832. The summed E-state index contributed by atoms with van der Waals surface area (Å²) >= 11 is 6.22. The number of fused-ring (bicyclic) bond motifs is 1. The lowest BCUT2D eigenvalue weighted by atomic mass is 10.0. The second-order valence-corrected chi connectivity index (χ2v) is 6.79. The fourth-order valence-corrected chi connectivity index (χ4v) is 3.48. The van der Waals surface area contributed by atoms with E-state index in [0.29, 0.717) is 0 Å². The standard InChI is InChI=1S/C18H20ClN5/c19-15-10-20-7-4-13(15)11-24-8-5-16-14(12-24)9-22-18(23-16)17-3-1-2-6-21-17/h4,7,9-10H,1-3,5-6,8,11-12H2. The van der Waals surface area contributed by atoms with Gasteiger partial charge in [-0.15, -0.1) is 0 Å². The second kappa shape index (κ2) is 6.95. The number of rotatable bonds is 3. The van der Waals surface area contributed by atoms with Gasteiger partial charge in [0.25, 0.3) is 0 Å². The molecule has 4 rings (SSSR count). The first-order valence-corrected chi connectivity index (χ1v) is 8.86. The van der Waals surface area contributed by atoms with Crippen LogP contribution in [0.3, 0.4) is 0 Å². The Bertz CT molecular complexity index is 774. The predicted molar refractivity (Wildman–Crippen MR) is 94.4 cm³/mol. The third-order valence-electron chi connectivity index (χ3n) is 4.65. The van der Waals surface area contributed by atoms with Gasteiger partial charge in [-0.1, -0.05) is 11.6 Å². The molecular weight excluding hydrogens is 322 g/mol. The van der Waals surface area contributed by atoms with Crippen LogP contribution in [-0.2, 0) is 19.5 Å². The minimum absolute atomic E-state index is 0.727. The number of halogens is 1. The molecule has 2 aliphatic heterocycles.